The molecule has 288 valence electrons. The summed E-state index contributed by atoms with van der Waals surface area (Å²) < 4.78 is 34.2. The van der Waals surface area contributed by atoms with Gasteiger partial charge in [-0.05, 0) is 146 Å². The number of carbonyl (C=O) groups is 1. The number of nitrogens with zero attached hydrogens (tertiary/aromatic N) is 1. The molecule has 51 heavy (non-hydrogen) atoms. The molecule has 4 N–H and O–H groups in total. The van der Waals surface area contributed by atoms with Gasteiger partial charge in [-0.25, -0.2) is 4.39 Å². The topological polar surface area (TPSA) is 93.0 Å². The lowest BCUT2D eigenvalue weighted by molar-refractivity contribution is -0.221. The van der Waals surface area contributed by atoms with Crippen LogP contribution in [-0.2, 0) is 4.79 Å². The highest BCUT2D eigenvalue weighted by Crippen LogP contribution is 2.76. The van der Waals surface area contributed by atoms with Crippen LogP contribution in [0.3, 0.4) is 0 Å². The Morgan fingerprint density at radius 3 is 2.29 bits per heavy atom. The van der Waals surface area contributed by atoms with Crippen LogP contribution in [0.2, 0.25) is 0 Å². The standard InChI is InChI=1S/C43H69FN2O4S/c1-29(2)31-12-19-43(45-22-23-46-24-26-51(49,50)27-25-46)21-20-40(6)33(36(31)43)8-9-35-39(5)15-13-32(38(3,4)34(39)14-16-41(35,40)7)30-10-17-42(28-44,18-11-30)37(47)48/h10,13,31,33-36,45,49-50H,1,8-9,11-12,14-28H2,2-7H3,(H,47,48)/t31-,33+,34-,35+,36+,39-,40+,41+,42?,43-/m0/s1. The van der Waals surface area contributed by atoms with Crippen molar-refractivity contribution in [3.05, 3.63) is 35.5 Å². The number of halogens is 1. The minimum atomic E-state index is -2.37. The SMILES string of the molecule is C=C(C)[C@@H]1CC[C@]2(NCCN3CCS(O)(O)CC3)CC[C@]3(C)[C@H](CC[C@@H]4[C@@]5(C)CC=C(C6=CCC(CF)(C(=O)O)CC6)C(C)(C)[C@@H]5CC[C@]43C)[C@@H]12. The molecule has 0 aromatic rings. The highest BCUT2D eigenvalue weighted by atomic mass is 32.3. The van der Waals surface area contributed by atoms with E-state index in [4.69, 9.17) is 0 Å². The minimum Gasteiger partial charge on any atom is -0.481 e. The fourth-order valence-electron chi connectivity index (χ4n) is 14.6. The molecule has 6 nitrogen and oxygen atoms in total. The predicted octanol–water partition coefficient (Wildman–Crippen LogP) is 9.74. The molecular formula is C43H69FN2O4S. The Bertz CT molecular complexity index is 1470. The molecule has 0 amide bonds. The molecular weight excluding hydrogens is 660 g/mol. The van der Waals surface area contributed by atoms with Crippen LogP contribution in [0.25, 0.3) is 0 Å². The Labute approximate surface area is 309 Å². The second-order valence-electron chi connectivity index (χ2n) is 20.0. The van der Waals surface area contributed by atoms with Gasteiger partial charge in [0.15, 0.2) is 0 Å². The third kappa shape index (κ3) is 5.80. The number of nitrogens with one attached hydrogen (secondary N) is 1. The fourth-order valence-corrected chi connectivity index (χ4v) is 15.9. The molecule has 1 unspecified atom stereocenters. The van der Waals surface area contributed by atoms with Gasteiger partial charge in [-0.3, -0.25) is 18.8 Å². The van der Waals surface area contributed by atoms with Crippen LogP contribution in [0.15, 0.2) is 35.5 Å². The first-order valence-corrected chi connectivity index (χ1v) is 22.3. The van der Waals surface area contributed by atoms with Crippen molar-refractivity contribution in [2.75, 3.05) is 44.4 Å². The van der Waals surface area contributed by atoms with E-state index in [1.165, 1.54) is 68.1 Å². The van der Waals surface area contributed by atoms with Crippen LogP contribution in [-0.4, -0.2) is 75.0 Å². The molecule has 1 heterocycles. The van der Waals surface area contributed by atoms with Gasteiger partial charge in [-0.15, -0.1) is 0 Å². The van der Waals surface area contributed by atoms with Crippen molar-refractivity contribution in [1.29, 1.82) is 0 Å². The lowest BCUT2D eigenvalue weighted by atomic mass is 9.33. The van der Waals surface area contributed by atoms with Crippen molar-refractivity contribution < 1.29 is 23.4 Å². The summed E-state index contributed by atoms with van der Waals surface area (Å²) in [5, 5.41) is 14.0. The van der Waals surface area contributed by atoms with Gasteiger partial charge in [0.25, 0.3) is 0 Å². The predicted molar refractivity (Wildman–Crippen MR) is 208 cm³/mol. The first kappa shape index (κ1) is 38.1. The molecule has 7 rings (SSSR count). The number of allylic oxidation sites excluding steroid dienone is 5. The number of carboxylic acids is 1. The summed E-state index contributed by atoms with van der Waals surface area (Å²) in [6.07, 6.45) is 17.1. The first-order valence-electron chi connectivity index (χ1n) is 20.4. The second kappa shape index (κ2) is 13.0. The van der Waals surface area contributed by atoms with Crippen LogP contribution in [0, 0.1) is 56.7 Å². The summed E-state index contributed by atoms with van der Waals surface area (Å²) in [5.74, 6) is 3.10. The van der Waals surface area contributed by atoms with Crippen molar-refractivity contribution in [1.82, 2.24) is 10.2 Å². The molecule has 0 aromatic heterocycles. The molecule has 8 heteroatoms. The number of fused-ring (bicyclic) bond motifs is 7. The molecule has 0 bridgehead atoms. The first-order chi connectivity index (χ1) is 23.9. The molecule has 0 aromatic carbocycles. The summed E-state index contributed by atoms with van der Waals surface area (Å²) in [6.45, 7) is 22.5. The van der Waals surface area contributed by atoms with Gasteiger partial charge in [0, 0.05) is 31.7 Å². The quantitative estimate of drug-likeness (QED) is 0.186. The van der Waals surface area contributed by atoms with Crippen molar-refractivity contribution >= 4 is 16.6 Å². The molecule has 5 fully saturated rings. The van der Waals surface area contributed by atoms with E-state index in [9.17, 15) is 23.4 Å². The zero-order chi connectivity index (χ0) is 36.8. The lowest BCUT2D eigenvalue weighted by Crippen LogP contribution is -2.68. The molecule has 7 aliphatic rings. The highest BCUT2D eigenvalue weighted by molar-refractivity contribution is 8.24. The Morgan fingerprint density at radius 2 is 1.67 bits per heavy atom. The lowest BCUT2D eigenvalue weighted by Gasteiger charge is -2.72. The normalized spacial score (nSPS) is 46.7. The largest absolute Gasteiger partial charge is 0.481 e. The van der Waals surface area contributed by atoms with E-state index in [0.717, 1.165) is 32.6 Å². The average Bonchev–Trinajstić information content (AvgIpc) is 3.46. The van der Waals surface area contributed by atoms with Crippen LogP contribution in [0.1, 0.15) is 119 Å². The highest BCUT2D eigenvalue weighted by Gasteiger charge is 2.70. The van der Waals surface area contributed by atoms with Crippen molar-refractivity contribution in [3.63, 3.8) is 0 Å². The summed E-state index contributed by atoms with van der Waals surface area (Å²) in [5.41, 5.74) is 3.69. The summed E-state index contributed by atoms with van der Waals surface area (Å²) in [6, 6.07) is 0. The molecule has 0 spiro atoms. The van der Waals surface area contributed by atoms with Gasteiger partial charge < -0.3 is 10.4 Å². The smallest absolute Gasteiger partial charge is 0.312 e. The van der Waals surface area contributed by atoms with E-state index in [2.05, 4.69) is 70.5 Å². The number of alkyl halides is 1. The average molecular weight is 729 g/mol. The summed E-state index contributed by atoms with van der Waals surface area (Å²) in [7, 11) is -2.37. The molecule has 0 radical (unpaired) electrons. The maximum absolute atomic E-state index is 14.0. The second-order valence-corrected chi connectivity index (χ2v) is 22.4. The molecule has 10 atom stereocenters. The number of carboxylic acid groups (broad SMARTS) is 1. The van der Waals surface area contributed by atoms with Crippen LogP contribution in [0.5, 0.6) is 0 Å². The third-order valence-electron chi connectivity index (χ3n) is 17.7. The molecule has 1 aliphatic heterocycles. The van der Waals surface area contributed by atoms with Crippen molar-refractivity contribution in [2.45, 2.75) is 124 Å². The van der Waals surface area contributed by atoms with Gasteiger partial charge in [-0.1, -0.05) is 58.9 Å². The van der Waals surface area contributed by atoms with Crippen molar-refractivity contribution in [2.24, 2.45) is 56.7 Å². The number of aliphatic carboxylic acids is 1. The summed E-state index contributed by atoms with van der Waals surface area (Å²) in [4.78, 5) is 14.4. The van der Waals surface area contributed by atoms with E-state index < -0.39 is 28.6 Å². The Balaban J connectivity index is 1.13. The van der Waals surface area contributed by atoms with E-state index in [0.29, 0.717) is 60.4 Å². The van der Waals surface area contributed by atoms with E-state index in [-0.39, 0.29) is 27.2 Å². The van der Waals surface area contributed by atoms with Crippen LogP contribution < -0.4 is 5.32 Å². The van der Waals surface area contributed by atoms with Crippen LogP contribution in [0.4, 0.5) is 4.39 Å². The number of hydrogen-bond acceptors (Lipinski definition) is 5. The Hall–Kier alpha value is -1.19. The Morgan fingerprint density at radius 1 is 0.941 bits per heavy atom. The summed E-state index contributed by atoms with van der Waals surface area (Å²) >= 11 is 0. The zero-order valence-electron chi connectivity index (χ0n) is 32.7. The van der Waals surface area contributed by atoms with E-state index in [1.54, 1.807) is 0 Å². The van der Waals surface area contributed by atoms with E-state index in [1.807, 2.05) is 0 Å². The maximum atomic E-state index is 14.0. The molecule has 4 saturated carbocycles. The van der Waals surface area contributed by atoms with Crippen molar-refractivity contribution in [3.8, 4) is 0 Å². The van der Waals surface area contributed by atoms with E-state index >= 15 is 0 Å². The number of hydrogen-bond donors (Lipinski definition) is 4. The fraction of sp³-hybridized carbons (Fsp3) is 0.837. The maximum Gasteiger partial charge on any atom is 0.312 e. The Kier molecular flexibility index (Phi) is 9.68. The van der Waals surface area contributed by atoms with Gasteiger partial charge in [0.2, 0.25) is 0 Å². The molecule has 1 saturated heterocycles. The van der Waals surface area contributed by atoms with Gasteiger partial charge in [0.05, 0.1) is 16.9 Å². The monoisotopic (exact) mass is 728 g/mol. The zero-order valence-corrected chi connectivity index (χ0v) is 33.5. The van der Waals surface area contributed by atoms with Gasteiger partial charge >= 0.3 is 5.97 Å². The third-order valence-corrected chi connectivity index (χ3v) is 19.4. The van der Waals surface area contributed by atoms with Crippen LogP contribution >= 0.6 is 10.6 Å². The number of rotatable bonds is 8. The molecule has 6 aliphatic carbocycles. The minimum absolute atomic E-state index is 0.00941. The van der Waals surface area contributed by atoms with Gasteiger partial charge in [-0.2, -0.15) is 10.6 Å². The van der Waals surface area contributed by atoms with Gasteiger partial charge in [0.1, 0.15) is 6.67 Å².